The minimum absolute atomic E-state index is 0.0958. The zero-order chi connectivity index (χ0) is 11.6. The largest absolute Gasteiger partial charge is 0.505 e. The first-order valence-corrected chi connectivity index (χ1v) is 4.69. The Bertz CT molecular complexity index is 369. The van der Waals surface area contributed by atoms with Gasteiger partial charge in [-0.15, -0.1) is 0 Å². The van der Waals surface area contributed by atoms with Gasteiger partial charge in [-0.05, 0) is 23.6 Å². The number of hydrogen-bond donors (Lipinski definition) is 2. The van der Waals surface area contributed by atoms with Gasteiger partial charge in [0.25, 0.3) is 0 Å². The number of carbonyl (C=O) groups is 1. The molecular weight excluding hydrogens is 223 g/mol. The van der Waals surface area contributed by atoms with Crippen molar-refractivity contribution in [2.45, 2.75) is 19.3 Å². The molecule has 0 bridgehead atoms. The van der Waals surface area contributed by atoms with Crippen LogP contribution in [0.3, 0.4) is 0 Å². The van der Waals surface area contributed by atoms with Crippen molar-refractivity contribution in [1.29, 1.82) is 0 Å². The van der Waals surface area contributed by atoms with Crippen LogP contribution in [0.1, 0.15) is 24.8 Å². The van der Waals surface area contributed by atoms with Gasteiger partial charge in [-0.2, -0.15) is 0 Å². The molecule has 0 aliphatic carbocycles. The summed E-state index contributed by atoms with van der Waals surface area (Å²) in [5.74, 6) is -2.73. The lowest BCUT2D eigenvalue weighted by atomic mass is 9.97. The maximum atomic E-state index is 12.9. The molecule has 0 saturated carbocycles. The standard InChI is InChI=1S/C10H10ClFO3/c1-5(2-9(14)15)6-3-7(11)10(12)8(13)4-6/h3-5,13H,2H2,1H3,(H,14,15). The fraction of sp³-hybridized carbons (Fsp3) is 0.300. The predicted octanol–water partition coefficient (Wildman–Crippen LogP) is 2.76. The Balaban J connectivity index is 3.00. The zero-order valence-corrected chi connectivity index (χ0v) is 8.75. The third-order valence-corrected chi connectivity index (χ3v) is 2.36. The maximum Gasteiger partial charge on any atom is 0.303 e. The Labute approximate surface area is 91.1 Å². The normalized spacial score (nSPS) is 12.5. The molecule has 0 saturated heterocycles. The van der Waals surface area contributed by atoms with E-state index in [0.29, 0.717) is 5.56 Å². The summed E-state index contributed by atoms with van der Waals surface area (Å²) in [7, 11) is 0. The molecular formula is C10H10ClFO3. The fourth-order valence-corrected chi connectivity index (χ4v) is 1.48. The molecule has 3 nitrogen and oxygen atoms in total. The Kier molecular flexibility index (Phi) is 3.52. The van der Waals surface area contributed by atoms with Crippen molar-refractivity contribution < 1.29 is 19.4 Å². The van der Waals surface area contributed by atoms with Gasteiger partial charge in [0.15, 0.2) is 11.6 Å². The van der Waals surface area contributed by atoms with Crippen LogP contribution in [0.2, 0.25) is 5.02 Å². The zero-order valence-electron chi connectivity index (χ0n) is 8.00. The maximum absolute atomic E-state index is 12.9. The molecule has 0 aliphatic heterocycles. The SMILES string of the molecule is CC(CC(=O)O)c1cc(O)c(F)c(Cl)c1. The van der Waals surface area contributed by atoms with E-state index < -0.39 is 17.5 Å². The molecule has 0 aliphatic rings. The first kappa shape index (κ1) is 11.8. The van der Waals surface area contributed by atoms with E-state index in [-0.39, 0.29) is 17.4 Å². The van der Waals surface area contributed by atoms with Crippen LogP contribution >= 0.6 is 11.6 Å². The second-order valence-electron chi connectivity index (χ2n) is 3.33. The summed E-state index contributed by atoms with van der Waals surface area (Å²) in [6.45, 7) is 1.66. The average molecular weight is 233 g/mol. The van der Waals surface area contributed by atoms with Crippen LogP contribution in [0.4, 0.5) is 4.39 Å². The summed E-state index contributed by atoms with van der Waals surface area (Å²) in [6, 6.07) is 2.51. The predicted molar refractivity (Wildman–Crippen MR) is 53.7 cm³/mol. The monoisotopic (exact) mass is 232 g/mol. The third kappa shape index (κ3) is 2.83. The van der Waals surface area contributed by atoms with Crippen LogP contribution in [-0.2, 0) is 4.79 Å². The first-order chi connectivity index (χ1) is 6.91. The van der Waals surface area contributed by atoms with Crippen LogP contribution in [-0.4, -0.2) is 16.2 Å². The first-order valence-electron chi connectivity index (χ1n) is 4.31. The van der Waals surface area contributed by atoms with Crippen molar-refractivity contribution >= 4 is 17.6 Å². The number of rotatable bonds is 3. The number of carboxylic acids is 1. The quantitative estimate of drug-likeness (QED) is 0.843. The van der Waals surface area contributed by atoms with Crippen molar-refractivity contribution in [3.63, 3.8) is 0 Å². The molecule has 2 N–H and O–H groups in total. The number of aliphatic carboxylic acids is 1. The molecule has 1 unspecified atom stereocenters. The molecule has 1 atom stereocenters. The summed E-state index contributed by atoms with van der Waals surface area (Å²) in [6.07, 6.45) is -0.0958. The van der Waals surface area contributed by atoms with Crippen LogP contribution in [0, 0.1) is 5.82 Å². The molecule has 82 valence electrons. The molecule has 0 heterocycles. The highest BCUT2D eigenvalue weighted by Gasteiger charge is 2.14. The Morgan fingerprint density at radius 1 is 1.60 bits per heavy atom. The van der Waals surface area contributed by atoms with Gasteiger partial charge in [-0.3, -0.25) is 4.79 Å². The Morgan fingerprint density at radius 2 is 2.20 bits per heavy atom. The fourth-order valence-electron chi connectivity index (χ4n) is 1.26. The minimum Gasteiger partial charge on any atom is -0.505 e. The molecule has 15 heavy (non-hydrogen) atoms. The summed E-state index contributed by atoms with van der Waals surface area (Å²) >= 11 is 5.52. The number of aromatic hydroxyl groups is 1. The highest BCUT2D eigenvalue weighted by atomic mass is 35.5. The van der Waals surface area contributed by atoms with Gasteiger partial charge in [0.2, 0.25) is 0 Å². The lowest BCUT2D eigenvalue weighted by Gasteiger charge is -2.10. The van der Waals surface area contributed by atoms with Crippen molar-refractivity contribution in [1.82, 2.24) is 0 Å². The van der Waals surface area contributed by atoms with Crippen LogP contribution in [0.15, 0.2) is 12.1 Å². The molecule has 1 aromatic rings. The summed E-state index contributed by atoms with van der Waals surface area (Å²) in [5, 5.41) is 17.5. The minimum atomic E-state index is -0.956. The van der Waals surface area contributed by atoms with Gasteiger partial charge in [-0.25, -0.2) is 4.39 Å². The van der Waals surface area contributed by atoms with E-state index in [4.69, 9.17) is 21.8 Å². The molecule has 0 spiro atoms. The highest BCUT2D eigenvalue weighted by molar-refractivity contribution is 6.31. The van der Waals surface area contributed by atoms with E-state index in [1.54, 1.807) is 6.92 Å². The second kappa shape index (κ2) is 4.49. The van der Waals surface area contributed by atoms with Crippen molar-refractivity contribution in [2.24, 2.45) is 0 Å². The van der Waals surface area contributed by atoms with E-state index >= 15 is 0 Å². The summed E-state index contributed by atoms with van der Waals surface area (Å²) in [4.78, 5) is 10.5. The van der Waals surface area contributed by atoms with Crippen molar-refractivity contribution in [3.8, 4) is 5.75 Å². The molecule has 0 amide bonds. The van der Waals surface area contributed by atoms with Crippen molar-refractivity contribution in [3.05, 3.63) is 28.5 Å². The number of halogens is 2. The van der Waals surface area contributed by atoms with E-state index in [1.807, 2.05) is 0 Å². The lowest BCUT2D eigenvalue weighted by Crippen LogP contribution is -2.03. The van der Waals surface area contributed by atoms with Crippen LogP contribution in [0.25, 0.3) is 0 Å². The third-order valence-electron chi connectivity index (χ3n) is 2.08. The van der Waals surface area contributed by atoms with Gasteiger partial charge in [0.1, 0.15) is 0 Å². The molecule has 0 radical (unpaired) electrons. The summed E-state index contributed by atoms with van der Waals surface area (Å²) < 4.78 is 12.9. The molecule has 1 rings (SSSR count). The van der Waals surface area contributed by atoms with Crippen LogP contribution < -0.4 is 0 Å². The number of phenolic OH excluding ortho intramolecular Hbond substituents is 1. The van der Waals surface area contributed by atoms with Gasteiger partial charge in [0.05, 0.1) is 11.4 Å². The molecule has 0 aromatic heterocycles. The average Bonchev–Trinajstić information content (AvgIpc) is 2.12. The van der Waals surface area contributed by atoms with Crippen molar-refractivity contribution in [2.75, 3.05) is 0 Å². The number of benzene rings is 1. The number of phenols is 1. The summed E-state index contributed by atoms with van der Waals surface area (Å²) in [5.41, 5.74) is 0.501. The second-order valence-corrected chi connectivity index (χ2v) is 3.74. The topological polar surface area (TPSA) is 57.5 Å². The van der Waals surface area contributed by atoms with Gasteiger partial charge in [-0.1, -0.05) is 18.5 Å². The number of carboxylic acid groups (broad SMARTS) is 1. The molecule has 5 heteroatoms. The van der Waals surface area contributed by atoms with E-state index in [1.165, 1.54) is 12.1 Å². The van der Waals surface area contributed by atoms with Gasteiger partial charge in [0, 0.05) is 0 Å². The van der Waals surface area contributed by atoms with E-state index in [9.17, 15) is 9.18 Å². The van der Waals surface area contributed by atoms with Crippen LogP contribution in [0.5, 0.6) is 5.75 Å². The lowest BCUT2D eigenvalue weighted by molar-refractivity contribution is -0.137. The molecule has 0 fully saturated rings. The Hall–Kier alpha value is -1.29. The van der Waals surface area contributed by atoms with Gasteiger partial charge < -0.3 is 10.2 Å². The van der Waals surface area contributed by atoms with E-state index in [2.05, 4.69) is 0 Å². The highest BCUT2D eigenvalue weighted by Crippen LogP contribution is 2.30. The smallest absolute Gasteiger partial charge is 0.303 e. The molecule has 1 aromatic carbocycles. The van der Waals surface area contributed by atoms with E-state index in [0.717, 1.165) is 0 Å². The number of hydrogen-bond acceptors (Lipinski definition) is 2. The van der Waals surface area contributed by atoms with Gasteiger partial charge >= 0.3 is 5.97 Å². The Morgan fingerprint density at radius 3 is 2.67 bits per heavy atom.